The molecule has 1 N–H and O–H groups in total. The number of carbonyl (C=O) groups excluding carboxylic acids is 1. The first-order valence-electron chi connectivity index (χ1n) is 7.06. The van der Waals surface area contributed by atoms with Gasteiger partial charge >= 0.3 is 0 Å². The Kier molecular flexibility index (Phi) is 3.96. The van der Waals surface area contributed by atoms with Gasteiger partial charge in [-0.2, -0.15) is 0 Å². The molecule has 22 heavy (non-hydrogen) atoms. The average molecular weight is 301 g/mol. The van der Waals surface area contributed by atoms with Crippen molar-refractivity contribution in [3.8, 4) is 11.5 Å². The largest absolute Gasteiger partial charge is 0.486 e. The van der Waals surface area contributed by atoms with Crippen molar-refractivity contribution < 1.29 is 18.7 Å². The summed E-state index contributed by atoms with van der Waals surface area (Å²) in [5, 5.41) is 2.77. The molecule has 0 spiro atoms. The van der Waals surface area contributed by atoms with Crippen molar-refractivity contribution in [2.45, 2.75) is 13.5 Å². The Hall–Kier alpha value is -2.56. The van der Waals surface area contributed by atoms with Gasteiger partial charge in [0.25, 0.3) is 5.91 Å². The maximum Gasteiger partial charge on any atom is 0.251 e. The van der Waals surface area contributed by atoms with Crippen LogP contribution in [0.15, 0.2) is 36.4 Å². The lowest BCUT2D eigenvalue weighted by Crippen LogP contribution is -2.23. The van der Waals surface area contributed by atoms with Gasteiger partial charge in [0.1, 0.15) is 19.0 Å². The van der Waals surface area contributed by atoms with Crippen molar-refractivity contribution in [2.24, 2.45) is 0 Å². The molecule has 2 aromatic rings. The Balaban J connectivity index is 1.68. The maximum absolute atomic E-state index is 13.5. The van der Waals surface area contributed by atoms with Gasteiger partial charge in [-0.1, -0.05) is 12.1 Å². The fourth-order valence-corrected chi connectivity index (χ4v) is 2.22. The summed E-state index contributed by atoms with van der Waals surface area (Å²) in [6, 6.07) is 9.97. The fourth-order valence-electron chi connectivity index (χ4n) is 2.22. The average Bonchev–Trinajstić information content (AvgIpc) is 2.55. The topological polar surface area (TPSA) is 47.6 Å². The molecule has 0 saturated carbocycles. The quantitative estimate of drug-likeness (QED) is 0.948. The number of hydrogen-bond acceptors (Lipinski definition) is 3. The van der Waals surface area contributed by atoms with Crippen molar-refractivity contribution in [3.63, 3.8) is 0 Å². The normalized spacial score (nSPS) is 12.8. The van der Waals surface area contributed by atoms with Crippen LogP contribution in [0, 0.1) is 12.7 Å². The van der Waals surface area contributed by atoms with E-state index < -0.39 is 0 Å². The van der Waals surface area contributed by atoms with Gasteiger partial charge in [0, 0.05) is 12.1 Å². The van der Waals surface area contributed by atoms with Crippen LogP contribution in [0.2, 0.25) is 0 Å². The van der Waals surface area contributed by atoms with Crippen LogP contribution in [0.3, 0.4) is 0 Å². The van der Waals surface area contributed by atoms with Crippen LogP contribution < -0.4 is 14.8 Å². The van der Waals surface area contributed by atoms with E-state index in [1.807, 2.05) is 0 Å². The Bertz CT molecular complexity index is 715. The molecule has 0 radical (unpaired) electrons. The maximum atomic E-state index is 13.5. The Labute approximate surface area is 127 Å². The van der Waals surface area contributed by atoms with Crippen molar-refractivity contribution in [3.05, 3.63) is 58.9 Å². The third-order valence-electron chi connectivity index (χ3n) is 3.49. The lowest BCUT2D eigenvalue weighted by molar-refractivity contribution is 0.0949. The SMILES string of the molecule is Cc1ccc(CNC(=O)c2ccc3c(c2)OCCO3)cc1F. The number of rotatable bonds is 3. The minimum absolute atomic E-state index is 0.238. The van der Waals surface area contributed by atoms with Gasteiger partial charge in [0.05, 0.1) is 0 Å². The lowest BCUT2D eigenvalue weighted by atomic mass is 10.1. The van der Waals surface area contributed by atoms with Crippen LogP contribution in [-0.2, 0) is 6.54 Å². The van der Waals surface area contributed by atoms with Gasteiger partial charge < -0.3 is 14.8 Å². The molecule has 1 heterocycles. The molecule has 2 aromatic carbocycles. The smallest absolute Gasteiger partial charge is 0.251 e. The standard InChI is InChI=1S/C17H16FNO3/c1-11-2-3-12(8-14(11)18)10-19-17(20)13-4-5-15-16(9-13)22-7-6-21-15/h2-5,8-9H,6-7,10H2,1H3,(H,19,20). The Morgan fingerprint density at radius 3 is 2.68 bits per heavy atom. The predicted molar refractivity (Wildman–Crippen MR) is 79.7 cm³/mol. The van der Waals surface area contributed by atoms with E-state index in [4.69, 9.17) is 9.47 Å². The molecule has 5 heteroatoms. The van der Waals surface area contributed by atoms with Crippen molar-refractivity contribution >= 4 is 5.91 Å². The van der Waals surface area contributed by atoms with Crippen LogP contribution in [0.5, 0.6) is 11.5 Å². The molecular formula is C17H16FNO3. The van der Waals surface area contributed by atoms with Gasteiger partial charge in [-0.05, 0) is 42.3 Å². The minimum Gasteiger partial charge on any atom is -0.486 e. The second-order valence-electron chi connectivity index (χ2n) is 5.12. The highest BCUT2D eigenvalue weighted by Crippen LogP contribution is 2.30. The number of aryl methyl sites for hydroxylation is 1. The fraction of sp³-hybridized carbons (Fsp3) is 0.235. The number of halogens is 1. The summed E-state index contributed by atoms with van der Waals surface area (Å²) < 4.78 is 24.3. The molecule has 114 valence electrons. The monoisotopic (exact) mass is 301 g/mol. The van der Waals surface area contributed by atoms with E-state index in [0.717, 1.165) is 0 Å². The summed E-state index contributed by atoms with van der Waals surface area (Å²) >= 11 is 0. The first-order valence-corrected chi connectivity index (χ1v) is 7.06. The Morgan fingerprint density at radius 1 is 1.14 bits per heavy atom. The summed E-state index contributed by atoms with van der Waals surface area (Å²) in [5.74, 6) is 0.702. The molecule has 1 aliphatic rings. The van der Waals surface area contributed by atoms with Crippen LogP contribution >= 0.6 is 0 Å². The lowest BCUT2D eigenvalue weighted by Gasteiger charge is -2.18. The molecule has 0 bridgehead atoms. The van der Waals surface area contributed by atoms with E-state index >= 15 is 0 Å². The van der Waals surface area contributed by atoms with Gasteiger partial charge in [-0.25, -0.2) is 4.39 Å². The number of nitrogens with one attached hydrogen (secondary N) is 1. The molecule has 0 atom stereocenters. The number of benzene rings is 2. The molecule has 3 rings (SSSR count). The number of hydrogen-bond donors (Lipinski definition) is 1. The summed E-state index contributed by atoms with van der Waals surface area (Å²) in [6.07, 6.45) is 0. The zero-order valence-electron chi connectivity index (χ0n) is 12.2. The second-order valence-corrected chi connectivity index (χ2v) is 5.12. The highest BCUT2D eigenvalue weighted by atomic mass is 19.1. The van der Waals surface area contributed by atoms with Crippen LogP contribution in [0.1, 0.15) is 21.5 Å². The first kappa shape index (κ1) is 14.4. The van der Waals surface area contributed by atoms with Crippen LogP contribution in [0.4, 0.5) is 4.39 Å². The number of ether oxygens (including phenoxy) is 2. The molecule has 0 fully saturated rings. The van der Waals surface area contributed by atoms with E-state index in [-0.39, 0.29) is 18.3 Å². The van der Waals surface area contributed by atoms with E-state index in [1.54, 1.807) is 37.3 Å². The molecule has 0 aliphatic carbocycles. The van der Waals surface area contributed by atoms with E-state index in [1.165, 1.54) is 6.07 Å². The van der Waals surface area contributed by atoms with E-state index in [0.29, 0.717) is 41.4 Å². The molecule has 0 aromatic heterocycles. The minimum atomic E-state index is -0.272. The molecule has 0 unspecified atom stereocenters. The van der Waals surface area contributed by atoms with Gasteiger partial charge in [0.15, 0.2) is 11.5 Å². The highest BCUT2D eigenvalue weighted by Gasteiger charge is 2.14. The van der Waals surface area contributed by atoms with Gasteiger partial charge in [0.2, 0.25) is 0 Å². The molecule has 1 aliphatic heterocycles. The Morgan fingerprint density at radius 2 is 1.91 bits per heavy atom. The second kappa shape index (κ2) is 6.05. The summed E-state index contributed by atoms with van der Waals surface area (Å²) in [4.78, 5) is 12.2. The third kappa shape index (κ3) is 3.03. The highest BCUT2D eigenvalue weighted by molar-refractivity contribution is 5.94. The zero-order chi connectivity index (χ0) is 15.5. The van der Waals surface area contributed by atoms with Gasteiger partial charge in [-0.3, -0.25) is 4.79 Å². The van der Waals surface area contributed by atoms with E-state index in [9.17, 15) is 9.18 Å². The number of amides is 1. The van der Waals surface area contributed by atoms with Crippen molar-refractivity contribution in [1.29, 1.82) is 0 Å². The van der Waals surface area contributed by atoms with Gasteiger partial charge in [-0.15, -0.1) is 0 Å². The molecule has 1 amide bonds. The van der Waals surface area contributed by atoms with E-state index in [2.05, 4.69) is 5.32 Å². The first-order chi connectivity index (χ1) is 10.6. The zero-order valence-corrected chi connectivity index (χ0v) is 12.2. The summed E-state index contributed by atoms with van der Waals surface area (Å²) in [7, 11) is 0. The predicted octanol–water partition coefficient (Wildman–Crippen LogP) is 2.84. The number of fused-ring (bicyclic) bond motifs is 1. The molecular weight excluding hydrogens is 285 g/mol. The van der Waals surface area contributed by atoms with Crippen LogP contribution in [0.25, 0.3) is 0 Å². The molecule has 4 nitrogen and oxygen atoms in total. The number of carbonyl (C=O) groups is 1. The molecule has 0 saturated heterocycles. The van der Waals surface area contributed by atoms with Crippen molar-refractivity contribution in [2.75, 3.05) is 13.2 Å². The van der Waals surface area contributed by atoms with Crippen LogP contribution in [-0.4, -0.2) is 19.1 Å². The summed E-state index contributed by atoms with van der Waals surface area (Å²) in [6.45, 7) is 2.95. The third-order valence-corrected chi connectivity index (χ3v) is 3.49. The summed E-state index contributed by atoms with van der Waals surface area (Å²) in [5.41, 5.74) is 1.78. The van der Waals surface area contributed by atoms with Crippen molar-refractivity contribution in [1.82, 2.24) is 5.32 Å².